The molecule has 4 rings (SSSR count). The Morgan fingerprint density at radius 2 is 2.33 bits per heavy atom. The molecule has 2 atom stereocenters. The van der Waals surface area contributed by atoms with Crippen molar-refractivity contribution in [3.05, 3.63) is 47.2 Å². The maximum Gasteiger partial charge on any atom is 0.274 e. The number of pyridine rings is 1. The molecule has 0 aliphatic carbocycles. The van der Waals surface area contributed by atoms with E-state index in [9.17, 15) is 9.90 Å². The molecule has 2 N–H and O–H groups in total. The minimum Gasteiger partial charge on any atom is -0.394 e. The van der Waals surface area contributed by atoms with Crippen molar-refractivity contribution in [1.29, 1.82) is 0 Å². The zero-order chi connectivity index (χ0) is 18.8. The third-order valence-electron chi connectivity index (χ3n) is 4.88. The lowest BCUT2D eigenvalue weighted by Gasteiger charge is -2.23. The average molecular weight is 383 g/mol. The fraction of sp³-hybridized carbons (Fsp3) is 0.368. The van der Waals surface area contributed by atoms with Crippen LogP contribution in [0.1, 0.15) is 41.9 Å². The van der Waals surface area contributed by atoms with E-state index in [0.29, 0.717) is 18.2 Å². The molecule has 27 heavy (non-hydrogen) atoms. The summed E-state index contributed by atoms with van der Waals surface area (Å²) < 4.78 is 0.781. The molecule has 3 aromatic rings. The summed E-state index contributed by atoms with van der Waals surface area (Å²) in [7, 11) is 0. The van der Waals surface area contributed by atoms with Gasteiger partial charge >= 0.3 is 0 Å². The molecule has 0 unspecified atom stereocenters. The van der Waals surface area contributed by atoms with Crippen LogP contribution >= 0.6 is 11.3 Å². The molecular formula is C19H21N5O2S. The minimum atomic E-state index is -0.140. The van der Waals surface area contributed by atoms with E-state index in [1.807, 2.05) is 30.5 Å². The standard InChI is InChI=1S/C19H21N5O2S/c1-12(13-4-2-7-20-10-13)21-19-22-15-6-9-27-17(15)16(23-19)18(26)24-8-3-5-14(24)11-25/h2,4,6-7,9-10,12,14,25H,3,5,8,11H2,1H3,(H,21,22,23)/t12-,14+/m0/s1. The zero-order valence-electron chi connectivity index (χ0n) is 15.0. The number of carbonyl (C=O) groups is 1. The molecule has 1 saturated heterocycles. The molecule has 7 nitrogen and oxygen atoms in total. The van der Waals surface area contributed by atoms with Crippen LogP contribution in [0.3, 0.4) is 0 Å². The van der Waals surface area contributed by atoms with Crippen LogP contribution < -0.4 is 5.32 Å². The molecule has 0 aromatic carbocycles. The molecule has 3 aromatic heterocycles. The number of rotatable bonds is 5. The number of aromatic nitrogens is 3. The van der Waals surface area contributed by atoms with E-state index < -0.39 is 0 Å². The van der Waals surface area contributed by atoms with E-state index in [-0.39, 0.29) is 24.6 Å². The second kappa shape index (κ2) is 7.58. The van der Waals surface area contributed by atoms with Gasteiger partial charge in [0.2, 0.25) is 5.95 Å². The first-order valence-corrected chi connectivity index (χ1v) is 9.89. The van der Waals surface area contributed by atoms with Crippen LogP contribution in [0.5, 0.6) is 0 Å². The first-order chi connectivity index (χ1) is 13.2. The largest absolute Gasteiger partial charge is 0.394 e. The number of thiophene rings is 1. The molecule has 1 fully saturated rings. The number of fused-ring (bicyclic) bond motifs is 1. The Labute approximate surface area is 161 Å². The lowest BCUT2D eigenvalue weighted by Crippen LogP contribution is -2.38. The van der Waals surface area contributed by atoms with E-state index in [1.165, 1.54) is 11.3 Å². The molecule has 8 heteroatoms. The van der Waals surface area contributed by atoms with Gasteiger partial charge in [0, 0.05) is 18.9 Å². The molecule has 0 radical (unpaired) electrons. The number of hydrogen-bond donors (Lipinski definition) is 2. The summed E-state index contributed by atoms with van der Waals surface area (Å²) in [6.07, 6.45) is 5.25. The molecule has 0 bridgehead atoms. The van der Waals surface area contributed by atoms with Gasteiger partial charge in [0.25, 0.3) is 5.91 Å². The number of anilines is 1. The SMILES string of the molecule is C[C@H](Nc1nc(C(=O)N2CCC[C@@H]2CO)c2sccc2n1)c1cccnc1. The van der Waals surface area contributed by atoms with Crippen LogP contribution in [-0.4, -0.2) is 50.1 Å². The third kappa shape index (κ3) is 3.50. The topological polar surface area (TPSA) is 91.2 Å². The van der Waals surface area contributed by atoms with Gasteiger partial charge in [0.15, 0.2) is 5.69 Å². The lowest BCUT2D eigenvalue weighted by atomic mass is 10.1. The van der Waals surface area contributed by atoms with E-state index >= 15 is 0 Å². The van der Waals surface area contributed by atoms with Gasteiger partial charge in [-0.2, -0.15) is 0 Å². The van der Waals surface area contributed by atoms with Crippen molar-refractivity contribution in [2.24, 2.45) is 0 Å². The highest BCUT2D eigenvalue weighted by molar-refractivity contribution is 7.17. The Hall–Kier alpha value is -2.58. The number of nitrogens with zero attached hydrogens (tertiary/aromatic N) is 4. The lowest BCUT2D eigenvalue weighted by molar-refractivity contribution is 0.0674. The van der Waals surface area contributed by atoms with E-state index in [0.717, 1.165) is 28.6 Å². The van der Waals surface area contributed by atoms with Gasteiger partial charge in [-0.3, -0.25) is 9.78 Å². The van der Waals surface area contributed by atoms with Crippen molar-refractivity contribution >= 4 is 33.4 Å². The molecule has 1 aliphatic heterocycles. The van der Waals surface area contributed by atoms with Crippen molar-refractivity contribution in [2.75, 3.05) is 18.5 Å². The second-order valence-electron chi connectivity index (χ2n) is 6.66. The van der Waals surface area contributed by atoms with Gasteiger partial charge in [-0.15, -0.1) is 11.3 Å². The monoisotopic (exact) mass is 383 g/mol. The summed E-state index contributed by atoms with van der Waals surface area (Å²) in [5.41, 5.74) is 2.16. The maximum absolute atomic E-state index is 13.1. The first kappa shape index (κ1) is 17.8. The van der Waals surface area contributed by atoms with E-state index in [4.69, 9.17) is 0 Å². The fourth-order valence-corrected chi connectivity index (χ4v) is 4.22. The van der Waals surface area contributed by atoms with Crippen LogP contribution in [0.25, 0.3) is 10.2 Å². The first-order valence-electron chi connectivity index (χ1n) is 9.01. The Morgan fingerprint density at radius 1 is 1.44 bits per heavy atom. The highest BCUT2D eigenvalue weighted by Gasteiger charge is 2.31. The number of aliphatic hydroxyl groups is 1. The average Bonchev–Trinajstić information content (AvgIpc) is 3.36. The van der Waals surface area contributed by atoms with Crippen molar-refractivity contribution in [1.82, 2.24) is 19.9 Å². The van der Waals surface area contributed by atoms with Gasteiger partial charge in [0.1, 0.15) is 0 Å². The predicted molar refractivity (Wildman–Crippen MR) is 105 cm³/mol. The molecular weight excluding hydrogens is 362 g/mol. The molecule has 140 valence electrons. The van der Waals surface area contributed by atoms with Gasteiger partial charge in [-0.05, 0) is 42.8 Å². The van der Waals surface area contributed by atoms with Gasteiger partial charge in [-0.25, -0.2) is 9.97 Å². The van der Waals surface area contributed by atoms with E-state index in [1.54, 1.807) is 17.3 Å². The van der Waals surface area contributed by atoms with E-state index in [2.05, 4.69) is 20.3 Å². The summed E-state index contributed by atoms with van der Waals surface area (Å²) in [6.45, 7) is 2.63. The quantitative estimate of drug-likeness (QED) is 0.704. The fourth-order valence-electron chi connectivity index (χ4n) is 3.41. The molecule has 1 aliphatic rings. The van der Waals surface area contributed by atoms with Crippen LogP contribution in [-0.2, 0) is 0 Å². The van der Waals surface area contributed by atoms with Crippen molar-refractivity contribution in [3.8, 4) is 0 Å². The number of nitrogens with one attached hydrogen (secondary N) is 1. The number of amides is 1. The predicted octanol–water partition coefficient (Wildman–Crippen LogP) is 2.86. The zero-order valence-corrected chi connectivity index (χ0v) is 15.8. The van der Waals surface area contributed by atoms with Crippen molar-refractivity contribution < 1.29 is 9.90 Å². The number of hydrogen-bond acceptors (Lipinski definition) is 7. The summed E-state index contributed by atoms with van der Waals surface area (Å²) in [4.78, 5) is 28.1. The second-order valence-corrected chi connectivity index (χ2v) is 7.58. The summed E-state index contributed by atoms with van der Waals surface area (Å²) in [5, 5.41) is 14.8. The molecule has 4 heterocycles. The smallest absolute Gasteiger partial charge is 0.274 e. The number of aliphatic hydroxyl groups excluding tert-OH is 1. The van der Waals surface area contributed by atoms with Crippen LogP contribution in [0.15, 0.2) is 36.0 Å². The summed E-state index contributed by atoms with van der Waals surface area (Å²) >= 11 is 1.46. The summed E-state index contributed by atoms with van der Waals surface area (Å²) in [5.74, 6) is 0.277. The van der Waals surface area contributed by atoms with Crippen molar-refractivity contribution in [3.63, 3.8) is 0 Å². The number of carbonyl (C=O) groups excluding carboxylic acids is 1. The highest BCUT2D eigenvalue weighted by Crippen LogP contribution is 2.28. The highest BCUT2D eigenvalue weighted by atomic mass is 32.1. The van der Waals surface area contributed by atoms with Crippen LogP contribution in [0.2, 0.25) is 0 Å². The normalized spacial score (nSPS) is 18.0. The van der Waals surface area contributed by atoms with Crippen LogP contribution in [0.4, 0.5) is 5.95 Å². The van der Waals surface area contributed by atoms with Crippen LogP contribution in [0, 0.1) is 0 Å². The van der Waals surface area contributed by atoms with Crippen molar-refractivity contribution in [2.45, 2.75) is 31.8 Å². The molecule has 0 spiro atoms. The van der Waals surface area contributed by atoms with Gasteiger partial charge in [-0.1, -0.05) is 6.07 Å². The number of likely N-dealkylation sites (tertiary alicyclic amines) is 1. The maximum atomic E-state index is 13.1. The Kier molecular flexibility index (Phi) is 5.00. The Morgan fingerprint density at radius 3 is 3.11 bits per heavy atom. The summed E-state index contributed by atoms with van der Waals surface area (Å²) in [6, 6.07) is 5.58. The molecule has 0 saturated carbocycles. The molecule has 1 amide bonds. The van der Waals surface area contributed by atoms with Gasteiger partial charge in [0.05, 0.1) is 28.9 Å². The minimum absolute atomic E-state index is 0.0203. The Balaban J connectivity index is 1.67. The third-order valence-corrected chi connectivity index (χ3v) is 5.80. The van der Waals surface area contributed by atoms with Gasteiger partial charge < -0.3 is 15.3 Å². The Bertz CT molecular complexity index is 946.